The molecule has 2 aromatic carbocycles. The molecule has 128 valence electrons. The topological polar surface area (TPSA) is 61.8 Å². The number of rotatable bonds is 4. The standard InChI is InChI=1S/C20H18O5/c1-4-19(21)24-14-6-7-15-17(11-14)25-18(20(15)22)10-13-5-8-16(23-3)12(2)9-13/h5-11H,4H2,1-3H3. The number of allylic oxidation sites excluding steroid dienone is 1. The molecule has 0 saturated carbocycles. The molecule has 0 amide bonds. The zero-order chi connectivity index (χ0) is 18.0. The van der Waals surface area contributed by atoms with Gasteiger partial charge in [0.2, 0.25) is 5.78 Å². The van der Waals surface area contributed by atoms with Gasteiger partial charge in [0.05, 0.1) is 12.7 Å². The van der Waals surface area contributed by atoms with E-state index < -0.39 is 0 Å². The quantitative estimate of drug-likeness (QED) is 0.480. The highest BCUT2D eigenvalue weighted by Gasteiger charge is 2.28. The van der Waals surface area contributed by atoms with Gasteiger partial charge in [-0.05, 0) is 48.4 Å². The van der Waals surface area contributed by atoms with Crippen LogP contribution in [0, 0.1) is 6.92 Å². The summed E-state index contributed by atoms with van der Waals surface area (Å²) in [5, 5.41) is 0. The second-order valence-corrected chi connectivity index (χ2v) is 5.65. The first kappa shape index (κ1) is 16.8. The van der Waals surface area contributed by atoms with Crippen LogP contribution in [0.2, 0.25) is 0 Å². The van der Waals surface area contributed by atoms with Crippen molar-refractivity contribution in [2.75, 3.05) is 7.11 Å². The number of methoxy groups -OCH3 is 1. The van der Waals surface area contributed by atoms with E-state index in [4.69, 9.17) is 14.2 Å². The molecule has 5 heteroatoms. The van der Waals surface area contributed by atoms with E-state index in [1.54, 1.807) is 38.3 Å². The molecule has 0 spiro atoms. The van der Waals surface area contributed by atoms with Gasteiger partial charge in [0, 0.05) is 12.5 Å². The van der Waals surface area contributed by atoms with Crippen molar-refractivity contribution in [3.05, 3.63) is 58.8 Å². The summed E-state index contributed by atoms with van der Waals surface area (Å²) in [5.41, 5.74) is 2.26. The average molecular weight is 338 g/mol. The third kappa shape index (κ3) is 3.40. The molecule has 1 aliphatic heterocycles. The summed E-state index contributed by atoms with van der Waals surface area (Å²) >= 11 is 0. The highest BCUT2D eigenvalue weighted by Crippen LogP contribution is 2.35. The van der Waals surface area contributed by atoms with Gasteiger partial charge < -0.3 is 14.2 Å². The van der Waals surface area contributed by atoms with E-state index in [9.17, 15) is 9.59 Å². The SMILES string of the molecule is CCC(=O)Oc1ccc2c(c1)OC(=Cc1ccc(OC)c(C)c1)C2=O. The van der Waals surface area contributed by atoms with Crippen molar-refractivity contribution in [2.45, 2.75) is 20.3 Å². The lowest BCUT2D eigenvalue weighted by atomic mass is 10.1. The van der Waals surface area contributed by atoms with Gasteiger partial charge in [-0.1, -0.05) is 13.0 Å². The summed E-state index contributed by atoms with van der Waals surface area (Å²) < 4.78 is 16.1. The number of aryl methyl sites for hydroxylation is 1. The average Bonchev–Trinajstić information content (AvgIpc) is 2.90. The third-order valence-corrected chi connectivity index (χ3v) is 3.88. The second-order valence-electron chi connectivity index (χ2n) is 5.65. The predicted octanol–water partition coefficient (Wildman–Crippen LogP) is 3.94. The van der Waals surface area contributed by atoms with Gasteiger partial charge in [0.15, 0.2) is 5.76 Å². The fraction of sp³-hybridized carbons (Fsp3) is 0.200. The second kappa shape index (κ2) is 6.81. The molecule has 0 N–H and O–H groups in total. The van der Waals surface area contributed by atoms with E-state index in [2.05, 4.69) is 0 Å². The van der Waals surface area contributed by atoms with Gasteiger partial charge in [-0.3, -0.25) is 9.59 Å². The molecule has 0 saturated heterocycles. The summed E-state index contributed by atoms with van der Waals surface area (Å²) in [5.74, 6) is 1.23. The molecule has 1 heterocycles. The molecule has 3 rings (SSSR count). The molecule has 0 radical (unpaired) electrons. The number of ether oxygens (including phenoxy) is 3. The van der Waals surface area contributed by atoms with Crippen LogP contribution in [0.3, 0.4) is 0 Å². The lowest BCUT2D eigenvalue weighted by Gasteiger charge is -2.05. The Labute approximate surface area is 145 Å². The van der Waals surface area contributed by atoms with Crippen molar-refractivity contribution >= 4 is 17.8 Å². The summed E-state index contributed by atoms with van der Waals surface area (Å²) in [6.07, 6.45) is 1.96. The lowest BCUT2D eigenvalue weighted by molar-refractivity contribution is -0.134. The summed E-state index contributed by atoms with van der Waals surface area (Å²) in [6, 6.07) is 10.4. The van der Waals surface area contributed by atoms with Gasteiger partial charge in [-0.15, -0.1) is 0 Å². The van der Waals surface area contributed by atoms with E-state index in [0.29, 0.717) is 17.1 Å². The normalized spacial score (nSPS) is 14.2. The van der Waals surface area contributed by atoms with Crippen molar-refractivity contribution in [1.82, 2.24) is 0 Å². The maximum atomic E-state index is 12.5. The number of fused-ring (bicyclic) bond motifs is 1. The molecule has 0 aromatic heterocycles. The van der Waals surface area contributed by atoms with Crippen LogP contribution >= 0.6 is 0 Å². The van der Waals surface area contributed by atoms with E-state index in [0.717, 1.165) is 16.9 Å². The van der Waals surface area contributed by atoms with Crippen molar-refractivity contribution in [3.63, 3.8) is 0 Å². The molecular formula is C20H18O5. The number of benzene rings is 2. The van der Waals surface area contributed by atoms with Gasteiger partial charge in [0.25, 0.3) is 0 Å². The van der Waals surface area contributed by atoms with Gasteiger partial charge in [0.1, 0.15) is 17.2 Å². The zero-order valence-electron chi connectivity index (χ0n) is 14.3. The lowest BCUT2D eigenvalue weighted by Crippen LogP contribution is -2.05. The maximum absolute atomic E-state index is 12.5. The predicted molar refractivity (Wildman–Crippen MR) is 93.0 cm³/mol. The molecule has 0 unspecified atom stereocenters. The first-order valence-corrected chi connectivity index (χ1v) is 7.95. The van der Waals surface area contributed by atoms with Crippen LogP contribution < -0.4 is 14.2 Å². The Hall–Kier alpha value is -3.08. The molecular weight excluding hydrogens is 320 g/mol. The third-order valence-electron chi connectivity index (χ3n) is 3.88. The monoisotopic (exact) mass is 338 g/mol. The van der Waals surface area contributed by atoms with E-state index in [-0.39, 0.29) is 23.9 Å². The van der Waals surface area contributed by atoms with Crippen molar-refractivity contribution in [1.29, 1.82) is 0 Å². The van der Waals surface area contributed by atoms with Gasteiger partial charge in [-0.2, -0.15) is 0 Å². The smallest absolute Gasteiger partial charge is 0.310 e. The van der Waals surface area contributed by atoms with Gasteiger partial charge >= 0.3 is 5.97 Å². The van der Waals surface area contributed by atoms with Crippen LogP contribution in [-0.4, -0.2) is 18.9 Å². The minimum atomic E-state index is -0.339. The van der Waals surface area contributed by atoms with E-state index >= 15 is 0 Å². The summed E-state index contributed by atoms with van der Waals surface area (Å²) in [4.78, 5) is 23.9. The Bertz CT molecular complexity index is 880. The number of hydrogen-bond donors (Lipinski definition) is 0. The first-order valence-electron chi connectivity index (χ1n) is 7.95. The van der Waals surface area contributed by atoms with Crippen LogP contribution in [0.25, 0.3) is 6.08 Å². The highest BCUT2D eigenvalue weighted by atomic mass is 16.5. The molecule has 0 bridgehead atoms. The van der Waals surface area contributed by atoms with Crippen molar-refractivity contribution < 1.29 is 23.8 Å². The Morgan fingerprint density at radius 2 is 2.00 bits per heavy atom. The molecule has 0 aliphatic carbocycles. The van der Waals surface area contributed by atoms with Crippen LogP contribution in [-0.2, 0) is 4.79 Å². The molecule has 0 fully saturated rings. The molecule has 2 aromatic rings. The molecule has 0 atom stereocenters. The van der Waals surface area contributed by atoms with E-state index in [1.165, 1.54) is 0 Å². The fourth-order valence-electron chi connectivity index (χ4n) is 2.58. The minimum absolute atomic E-state index is 0.197. The largest absolute Gasteiger partial charge is 0.496 e. The Kier molecular flexibility index (Phi) is 4.57. The molecule has 1 aliphatic rings. The highest BCUT2D eigenvalue weighted by molar-refractivity contribution is 6.14. The van der Waals surface area contributed by atoms with Crippen LogP contribution in [0.4, 0.5) is 0 Å². The summed E-state index contributed by atoms with van der Waals surface area (Å²) in [7, 11) is 1.61. The number of hydrogen-bond acceptors (Lipinski definition) is 5. The minimum Gasteiger partial charge on any atom is -0.496 e. The van der Waals surface area contributed by atoms with Crippen molar-refractivity contribution in [3.8, 4) is 17.2 Å². The Morgan fingerprint density at radius 3 is 2.68 bits per heavy atom. The van der Waals surface area contributed by atoms with Crippen LogP contribution in [0.1, 0.15) is 34.8 Å². The Balaban J connectivity index is 1.86. The number of Topliss-reactive ketones (excluding diaryl/α,β-unsaturated/α-hetero) is 1. The molecule has 25 heavy (non-hydrogen) atoms. The van der Waals surface area contributed by atoms with Gasteiger partial charge in [-0.25, -0.2) is 0 Å². The number of ketones is 1. The van der Waals surface area contributed by atoms with Crippen LogP contribution in [0.15, 0.2) is 42.2 Å². The number of carbonyl (C=O) groups excluding carboxylic acids is 2. The zero-order valence-corrected chi connectivity index (χ0v) is 14.3. The summed E-state index contributed by atoms with van der Waals surface area (Å²) in [6.45, 7) is 3.65. The maximum Gasteiger partial charge on any atom is 0.310 e. The Morgan fingerprint density at radius 1 is 1.20 bits per heavy atom. The molecule has 5 nitrogen and oxygen atoms in total. The first-order chi connectivity index (χ1) is 12.0. The van der Waals surface area contributed by atoms with Crippen molar-refractivity contribution in [2.24, 2.45) is 0 Å². The number of carbonyl (C=O) groups is 2. The number of esters is 1. The van der Waals surface area contributed by atoms with Crippen LogP contribution in [0.5, 0.6) is 17.2 Å². The fourth-order valence-corrected chi connectivity index (χ4v) is 2.58. The van der Waals surface area contributed by atoms with E-state index in [1.807, 2.05) is 25.1 Å².